The van der Waals surface area contributed by atoms with Crippen molar-refractivity contribution in [2.75, 3.05) is 5.75 Å². The summed E-state index contributed by atoms with van der Waals surface area (Å²) in [5.41, 5.74) is 0. The van der Waals surface area contributed by atoms with Crippen molar-refractivity contribution in [3.63, 3.8) is 0 Å². The first kappa shape index (κ1) is 13.5. The number of halogens is 2. The van der Waals surface area contributed by atoms with E-state index < -0.39 is 19.6 Å². The van der Waals surface area contributed by atoms with E-state index in [-0.39, 0.29) is 29.6 Å². The van der Waals surface area contributed by atoms with E-state index in [9.17, 15) is 13.0 Å². The topological polar surface area (TPSA) is 57.2 Å². The van der Waals surface area contributed by atoms with Crippen molar-refractivity contribution >= 4 is 42.0 Å². The van der Waals surface area contributed by atoms with Crippen LogP contribution >= 0.6 is 31.9 Å². The molecular formula is C2H3Br2NaO3S. The van der Waals surface area contributed by atoms with Gasteiger partial charge < -0.3 is 4.55 Å². The van der Waals surface area contributed by atoms with Crippen molar-refractivity contribution < 1.29 is 42.5 Å². The Kier molecular flexibility index (Phi) is 8.24. The summed E-state index contributed by atoms with van der Waals surface area (Å²) in [6, 6.07) is 0. The maximum Gasteiger partial charge on any atom is 1.00 e. The van der Waals surface area contributed by atoms with Crippen molar-refractivity contribution in [3.05, 3.63) is 0 Å². The van der Waals surface area contributed by atoms with Crippen LogP contribution in [0.3, 0.4) is 0 Å². The van der Waals surface area contributed by atoms with Gasteiger partial charge in [-0.25, -0.2) is 8.42 Å². The van der Waals surface area contributed by atoms with Crippen LogP contribution in [0, 0.1) is 0 Å². The van der Waals surface area contributed by atoms with Gasteiger partial charge in [0.05, 0.1) is 19.6 Å². The number of hydrogen-bond acceptors (Lipinski definition) is 3. The first-order valence-electron chi connectivity index (χ1n) is 1.63. The zero-order valence-electron chi connectivity index (χ0n) is 4.67. The third-order valence-electron chi connectivity index (χ3n) is 0.330. The van der Waals surface area contributed by atoms with Crippen LogP contribution in [0.1, 0.15) is 0 Å². The molecule has 0 N–H and O–H groups in total. The van der Waals surface area contributed by atoms with Crippen molar-refractivity contribution in [2.45, 2.75) is 3.74 Å². The van der Waals surface area contributed by atoms with E-state index in [1.165, 1.54) is 0 Å². The first-order chi connectivity index (χ1) is 3.42. The van der Waals surface area contributed by atoms with Gasteiger partial charge in [0, 0.05) is 0 Å². The summed E-state index contributed by atoms with van der Waals surface area (Å²) in [6.07, 6.45) is 0. The monoisotopic (exact) mass is 288 g/mol. The molecule has 0 aliphatic carbocycles. The van der Waals surface area contributed by atoms with Gasteiger partial charge in [0.2, 0.25) is 0 Å². The fourth-order valence-electron chi connectivity index (χ4n) is 0.154. The molecule has 0 amide bonds. The van der Waals surface area contributed by atoms with Gasteiger partial charge in [-0.1, -0.05) is 31.9 Å². The van der Waals surface area contributed by atoms with Gasteiger partial charge in [-0.2, -0.15) is 0 Å². The van der Waals surface area contributed by atoms with Gasteiger partial charge in [-0.05, 0) is 0 Å². The van der Waals surface area contributed by atoms with Crippen LogP contribution in [0.4, 0.5) is 0 Å². The molecule has 0 bridgehead atoms. The molecule has 0 rings (SSSR count). The minimum absolute atomic E-state index is 0. The van der Waals surface area contributed by atoms with Crippen LogP contribution in [0.2, 0.25) is 0 Å². The van der Waals surface area contributed by atoms with Crippen LogP contribution in [0.5, 0.6) is 0 Å². The minimum Gasteiger partial charge on any atom is -0.748 e. The molecule has 0 heterocycles. The van der Waals surface area contributed by atoms with E-state index in [1.54, 1.807) is 0 Å². The quantitative estimate of drug-likeness (QED) is 0.325. The molecule has 0 atom stereocenters. The Labute approximate surface area is 92.9 Å². The Bertz CT molecular complexity index is 153. The predicted octanol–water partition coefficient (Wildman–Crippen LogP) is -2.35. The van der Waals surface area contributed by atoms with E-state index >= 15 is 0 Å². The molecule has 0 aliphatic rings. The maximum atomic E-state index is 9.83. The summed E-state index contributed by atoms with van der Waals surface area (Å²) < 4.78 is 29.0. The summed E-state index contributed by atoms with van der Waals surface area (Å²) >= 11 is 5.70. The molecule has 7 heteroatoms. The SMILES string of the molecule is O=S(=O)([O-])CC(Br)Br.[Na+]. The fraction of sp³-hybridized carbons (Fsp3) is 1.00. The molecule has 50 valence electrons. The number of alkyl halides is 2. The number of hydrogen-bond donors (Lipinski definition) is 0. The molecule has 0 unspecified atom stereocenters. The second-order valence-corrected chi connectivity index (χ2v) is 6.00. The third kappa shape index (κ3) is 13.0. The van der Waals surface area contributed by atoms with Crippen LogP contribution in [-0.2, 0) is 10.1 Å². The maximum absolute atomic E-state index is 9.83. The van der Waals surface area contributed by atoms with Crippen LogP contribution in [0.15, 0.2) is 0 Å². The Hall–Kier alpha value is 1.87. The molecule has 0 aliphatic heterocycles. The molecule has 3 nitrogen and oxygen atoms in total. The fourth-order valence-corrected chi connectivity index (χ4v) is 2.41. The molecule has 0 radical (unpaired) electrons. The molecule has 0 fully saturated rings. The Morgan fingerprint density at radius 2 is 1.78 bits per heavy atom. The second-order valence-electron chi connectivity index (χ2n) is 1.12. The zero-order chi connectivity index (χ0) is 6.78. The summed E-state index contributed by atoms with van der Waals surface area (Å²) in [4.78, 5) is 0. The van der Waals surface area contributed by atoms with Gasteiger partial charge >= 0.3 is 29.6 Å². The first-order valence-corrected chi connectivity index (χ1v) is 5.04. The normalized spacial score (nSPS) is 11.1. The van der Waals surface area contributed by atoms with Crippen LogP contribution in [0.25, 0.3) is 0 Å². The van der Waals surface area contributed by atoms with Crippen molar-refractivity contribution in [1.82, 2.24) is 0 Å². The Morgan fingerprint density at radius 3 is 1.78 bits per heavy atom. The van der Waals surface area contributed by atoms with Crippen molar-refractivity contribution in [1.29, 1.82) is 0 Å². The van der Waals surface area contributed by atoms with E-state index in [0.29, 0.717) is 0 Å². The smallest absolute Gasteiger partial charge is 0.748 e. The second kappa shape index (κ2) is 5.51. The van der Waals surface area contributed by atoms with Crippen molar-refractivity contribution in [2.24, 2.45) is 0 Å². The van der Waals surface area contributed by atoms with Gasteiger partial charge in [0.15, 0.2) is 0 Å². The summed E-state index contributed by atoms with van der Waals surface area (Å²) in [5.74, 6) is -0.424. The minimum atomic E-state index is -4.07. The average Bonchev–Trinajstić information content (AvgIpc) is 1.21. The molecule has 0 aromatic rings. The van der Waals surface area contributed by atoms with Gasteiger partial charge in [0.25, 0.3) is 0 Å². The largest absolute Gasteiger partial charge is 1.00 e. The number of rotatable bonds is 2. The van der Waals surface area contributed by atoms with E-state index in [1.807, 2.05) is 0 Å². The third-order valence-corrected chi connectivity index (χ3v) is 2.58. The van der Waals surface area contributed by atoms with Gasteiger partial charge in [-0.3, -0.25) is 0 Å². The average molecular weight is 290 g/mol. The molecule has 0 spiro atoms. The molecule has 0 saturated carbocycles. The summed E-state index contributed by atoms with van der Waals surface area (Å²) in [7, 11) is -4.07. The summed E-state index contributed by atoms with van der Waals surface area (Å²) in [6.45, 7) is 0. The predicted molar refractivity (Wildman–Crippen MR) is 36.2 cm³/mol. The van der Waals surface area contributed by atoms with Crippen LogP contribution in [-0.4, -0.2) is 22.5 Å². The van der Waals surface area contributed by atoms with E-state index in [0.717, 1.165) is 0 Å². The molecule has 0 aromatic carbocycles. The van der Waals surface area contributed by atoms with Crippen LogP contribution < -0.4 is 29.6 Å². The zero-order valence-corrected chi connectivity index (χ0v) is 10.7. The molecule has 9 heavy (non-hydrogen) atoms. The van der Waals surface area contributed by atoms with Gasteiger partial charge in [0.1, 0.15) is 0 Å². The Balaban J connectivity index is 0. The van der Waals surface area contributed by atoms with E-state index in [2.05, 4.69) is 31.9 Å². The molecule has 0 aromatic heterocycles. The van der Waals surface area contributed by atoms with Crippen molar-refractivity contribution in [3.8, 4) is 0 Å². The molecule has 0 saturated heterocycles. The molecular weight excluding hydrogens is 287 g/mol. The summed E-state index contributed by atoms with van der Waals surface area (Å²) in [5, 5.41) is 0. The van der Waals surface area contributed by atoms with E-state index in [4.69, 9.17) is 0 Å². The van der Waals surface area contributed by atoms with Gasteiger partial charge in [-0.15, -0.1) is 0 Å². The standard InChI is InChI=1S/C2H4Br2O3S.Na/c3-2(4)1-8(5,6)7;/h2H,1H2,(H,5,6,7);/q;+1/p-1. The Morgan fingerprint density at radius 1 is 1.44 bits per heavy atom.